The van der Waals surface area contributed by atoms with Crippen LogP contribution in [0.15, 0.2) is 153 Å². The van der Waals surface area contributed by atoms with Crippen LogP contribution in [0.25, 0.3) is 0 Å². The molecular formula is C42H34Cl4N4O6S3. The number of hydrogen-bond acceptors (Lipinski definition) is 7. The van der Waals surface area contributed by atoms with Crippen LogP contribution in [0, 0.1) is 0 Å². The molecule has 0 heterocycles. The van der Waals surface area contributed by atoms with E-state index in [2.05, 4.69) is 10.6 Å². The maximum absolute atomic E-state index is 13.7. The van der Waals surface area contributed by atoms with Gasteiger partial charge in [-0.3, -0.25) is 18.2 Å². The minimum atomic E-state index is -4.15. The summed E-state index contributed by atoms with van der Waals surface area (Å²) in [7, 11) is -8.30. The Morgan fingerprint density at radius 2 is 0.847 bits per heavy atom. The molecule has 6 rings (SSSR count). The SMILES string of the molecule is CCN(c1ccccc1)S(=O)(=O)c1cc(C(=O)Nc2ccc(Sc3ccc(NC(=O)c4cc(S(=O)(=O)N(CC)c5ccccc5)c(Cl)cc4Cl)cc3)cc2)c(Cl)cc1Cl. The lowest BCUT2D eigenvalue weighted by molar-refractivity contribution is 0.101. The van der Waals surface area contributed by atoms with E-state index in [4.69, 9.17) is 46.4 Å². The fourth-order valence-corrected chi connectivity index (χ4v) is 11.4. The number of hydrogen-bond donors (Lipinski definition) is 2. The predicted molar refractivity (Wildman–Crippen MR) is 239 cm³/mol. The van der Waals surface area contributed by atoms with Gasteiger partial charge in [-0.25, -0.2) is 16.8 Å². The van der Waals surface area contributed by atoms with Gasteiger partial charge in [0.2, 0.25) is 0 Å². The molecule has 17 heteroatoms. The van der Waals surface area contributed by atoms with Crippen LogP contribution in [0.5, 0.6) is 0 Å². The molecule has 59 heavy (non-hydrogen) atoms. The van der Waals surface area contributed by atoms with E-state index in [-0.39, 0.29) is 54.1 Å². The molecule has 0 saturated heterocycles. The van der Waals surface area contributed by atoms with E-state index in [1.807, 2.05) is 0 Å². The highest BCUT2D eigenvalue weighted by molar-refractivity contribution is 7.99. The van der Waals surface area contributed by atoms with Gasteiger partial charge in [-0.1, -0.05) is 94.6 Å². The first-order chi connectivity index (χ1) is 28.1. The molecule has 0 aliphatic rings. The molecule has 6 aromatic carbocycles. The van der Waals surface area contributed by atoms with E-state index in [1.54, 1.807) is 123 Å². The molecule has 0 spiro atoms. The summed E-state index contributed by atoms with van der Waals surface area (Å²) < 4.78 is 57.1. The number of nitrogens with zero attached hydrogens (tertiary/aromatic N) is 2. The quantitative estimate of drug-likeness (QED) is 0.111. The van der Waals surface area contributed by atoms with Crippen molar-refractivity contribution >= 4 is 113 Å². The Morgan fingerprint density at radius 1 is 0.508 bits per heavy atom. The van der Waals surface area contributed by atoms with Crippen LogP contribution in [-0.2, 0) is 20.0 Å². The average molecular weight is 929 g/mol. The van der Waals surface area contributed by atoms with Gasteiger partial charge in [0.15, 0.2) is 0 Å². The smallest absolute Gasteiger partial charge is 0.265 e. The number of sulfonamides is 2. The monoisotopic (exact) mass is 926 g/mol. The predicted octanol–water partition coefficient (Wildman–Crippen LogP) is 11.4. The van der Waals surface area contributed by atoms with Gasteiger partial charge in [-0.2, -0.15) is 0 Å². The number of rotatable bonds is 14. The van der Waals surface area contributed by atoms with Crippen molar-refractivity contribution in [3.8, 4) is 0 Å². The van der Waals surface area contributed by atoms with Crippen LogP contribution < -0.4 is 19.2 Å². The summed E-state index contributed by atoms with van der Waals surface area (Å²) in [6.45, 7) is 3.65. The largest absolute Gasteiger partial charge is 0.322 e. The van der Waals surface area contributed by atoms with Crippen LogP contribution >= 0.6 is 58.2 Å². The van der Waals surface area contributed by atoms with Crippen LogP contribution in [-0.4, -0.2) is 41.7 Å². The summed E-state index contributed by atoms with van der Waals surface area (Å²) in [4.78, 5) is 27.9. The number of benzene rings is 6. The topological polar surface area (TPSA) is 133 Å². The van der Waals surface area contributed by atoms with E-state index in [9.17, 15) is 26.4 Å². The van der Waals surface area contributed by atoms with Crippen molar-refractivity contribution in [1.82, 2.24) is 0 Å². The first-order valence-electron chi connectivity index (χ1n) is 17.8. The van der Waals surface area contributed by atoms with Gasteiger partial charge < -0.3 is 10.6 Å². The Kier molecular flexibility index (Phi) is 13.9. The maximum Gasteiger partial charge on any atom is 0.265 e. The third-order valence-corrected chi connectivity index (χ3v) is 15.2. The number of para-hydroxylation sites is 2. The molecule has 0 aromatic heterocycles. The van der Waals surface area contributed by atoms with Gasteiger partial charge >= 0.3 is 0 Å². The Morgan fingerprint density at radius 3 is 1.17 bits per heavy atom. The van der Waals surface area contributed by atoms with Gasteiger partial charge in [0.1, 0.15) is 9.79 Å². The normalized spacial score (nSPS) is 11.5. The minimum Gasteiger partial charge on any atom is -0.322 e. The summed E-state index contributed by atoms with van der Waals surface area (Å²) in [5, 5.41) is 5.25. The number of amides is 2. The van der Waals surface area contributed by atoms with E-state index >= 15 is 0 Å². The maximum atomic E-state index is 13.7. The zero-order chi connectivity index (χ0) is 42.5. The average Bonchev–Trinajstić information content (AvgIpc) is 3.20. The lowest BCUT2D eigenvalue weighted by Crippen LogP contribution is -2.31. The fourth-order valence-electron chi connectivity index (χ4n) is 5.96. The van der Waals surface area contributed by atoms with Gasteiger partial charge in [0.05, 0.1) is 42.6 Å². The van der Waals surface area contributed by atoms with Gasteiger partial charge in [-0.05, 0) is 111 Å². The summed E-state index contributed by atoms with van der Waals surface area (Å²) in [5.74, 6) is -1.26. The zero-order valence-electron chi connectivity index (χ0n) is 31.2. The summed E-state index contributed by atoms with van der Waals surface area (Å²) in [6.07, 6.45) is 0. The number of halogens is 4. The highest BCUT2D eigenvalue weighted by Gasteiger charge is 2.30. The minimum absolute atomic E-state index is 0.0165. The Labute approximate surface area is 367 Å². The molecular weight excluding hydrogens is 894 g/mol. The Bertz CT molecular complexity index is 2540. The molecule has 0 radical (unpaired) electrons. The van der Waals surface area contributed by atoms with Crippen LogP contribution in [0.4, 0.5) is 22.7 Å². The molecule has 0 aliphatic heterocycles. The Hall–Kier alpha value is -4.73. The lowest BCUT2D eigenvalue weighted by atomic mass is 10.2. The molecule has 10 nitrogen and oxygen atoms in total. The molecule has 304 valence electrons. The van der Waals surface area contributed by atoms with Crippen molar-refractivity contribution in [2.45, 2.75) is 33.4 Å². The van der Waals surface area contributed by atoms with E-state index in [1.165, 1.54) is 44.6 Å². The summed E-state index contributed by atoms with van der Waals surface area (Å²) in [6, 6.07) is 35.9. The highest BCUT2D eigenvalue weighted by atomic mass is 35.5. The van der Waals surface area contributed by atoms with Crippen molar-refractivity contribution in [2.75, 3.05) is 32.3 Å². The van der Waals surface area contributed by atoms with Gasteiger partial charge in [0.25, 0.3) is 31.9 Å². The lowest BCUT2D eigenvalue weighted by Gasteiger charge is -2.24. The third-order valence-electron chi connectivity index (χ3n) is 8.79. The zero-order valence-corrected chi connectivity index (χ0v) is 36.7. The van der Waals surface area contributed by atoms with E-state index in [0.29, 0.717) is 22.7 Å². The van der Waals surface area contributed by atoms with Crippen molar-refractivity contribution in [3.63, 3.8) is 0 Å². The van der Waals surface area contributed by atoms with E-state index < -0.39 is 31.9 Å². The molecule has 0 fully saturated rings. The van der Waals surface area contributed by atoms with Crippen LogP contribution in [0.3, 0.4) is 0 Å². The van der Waals surface area contributed by atoms with Crippen molar-refractivity contribution in [1.29, 1.82) is 0 Å². The van der Waals surface area contributed by atoms with Gasteiger partial charge in [0, 0.05) is 34.3 Å². The van der Waals surface area contributed by atoms with Crippen LogP contribution in [0.2, 0.25) is 20.1 Å². The first-order valence-corrected chi connectivity index (χ1v) is 23.0. The number of carbonyl (C=O) groups is 2. The fraction of sp³-hybridized carbons (Fsp3) is 0.0952. The standard InChI is InChI=1S/C42H34Cl4N4O6S3/c1-3-49(29-11-7-5-8-12-29)58(53,54)39-23-33(35(43)25-37(39)45)41(51)47-27-15-19-31(20-16-27)57-32-21-17-28(18-22-32)48-42(52)34-24-40(38(46)26-36(34)44)59(55,56)50(4-2)30-13-9-6-10-14-30/h5-26H,3-4H2,1-2H3,(H,47,51)(H,48,52). The summed E-state index contributed by atoms with van der Waals surface area (Å²) in [5.41, 5.74) is 1.62. The second kappa shape index (κ2) is 18.7. The molecule has 0 aliphatic carbocycles. The first kappa shape index (κ1) is 43.8. The highest BCUT2D eigenvalue weighted by Crippen LogP contribution is 2.36. The summed E-state index contributed by atoms with van der Waals surface area (Å²) >= 11 is 26.9. The van der Waals surface area contributed by atoms with Crippen molar-refractivity contribution < 1.29 is 26.4 Å². The molecule has 0 bridgehead atoms. The molecule has 0 atom stereocenters. The molecule has 6 aromatic rings. The van der Waals surface area contributed by atoms with Crippen LogP contribution in [0.1, 0.15) is 34.6 Å². The molecule has 2 amide bonds. The van der Waals surface area contributed by atoms with Crippen molar-refractivity contribution in [3.05, 3.63) is 165 Å². The molecule has 0 saturated carbocycles. The molecule has 2 N–H and O–H groups in total. The number of nitrogens with one attached hydrogen (secondary N) is 2. The Balaban J connectivity index is 1.11. The molecule has 0 unspecified atom stereocenters. The van der Waals surface area contributed by atoms with E-state index in [0.717, 1.165) is 9.79 Å². The third kappa shape index (κ3) is 9.84. The number of carbonyl (C=O) groups excluding carboxylic acids is 2. The van der Waals surface area contributed by atoms with Gasteiger partial charge in [-0.15, -0.1) is 0 Å². The number of anilines is 4. The second-order valence-electron chi connectivity index (χ2n) is 12.6. The van der Waals surface area contributed by atoms with Crippen molar-refractivity contribution in [2.24, 2.45) is 0 Å². The second-order valence-corrected chi connectivity index (χ2v) is 19.0.